The number of nitrogens with zero attached hydrogens (tertiary/aromatic N) is 2. The van der Waals surface area contributed by atoms with Crippen molar-refractivity contribution < 1.29 is 72.5 Å². The number of hydrogen-bond donors (Lipinski definition) is 14. The summed E-state index contributed by atoms with van der Waals surface area (Å²) in [4.78, 5) is 183. The molecule has 2 aromatic heterocycles. The van der Waals surface area contributed by atoms with Gasteiger partial charge in [-0.05, 0) is 98.5 Å². The lowest BCUT2D eigenvalue weighted by Crippen LogP contribution is -2.59. The van der Waals surface area contributed by atoms with Crippen LogP contribution in [0.15, 0.2) is 97.5 Å². The minimum absolute atomic E-state index is 0.0637. The zero-order chi connectivity index (χ0) is 72.4. The van der Waals surface area contributed by atoms with Crippen molar-refractivity contribution in [3.63, 3.8) is 0 Å². The number of aliphatic hydroxyl groups excluding tert-OH is 1. The first-order chi connectivity index (χ1) is 47.0. The lowest BCUT2D eigenvalue weighted by atomic mass is 9.89. The van der Waals surface area contributed by atoms with E-state index in [0.29, 0.717) is 37.2 Å². The SMILES string of the molecule is C=C(O)C[C@@H]1NC(=O)CNC(=O)[C@H](CNC(=O)C2CCNCC2)NC(=O)[C@H](C(C)C)N(C)C(=O)[C@@H](Cc2c[nH]c3ccccc23)CC1=O.CC(=N)c1ccc(C(=O)NC[C@@H]2NC(=O)[C@H](C(C)C)N(C)C(=O)[C@@H](Cc3c[nH]c4ccccc34)CC(=O)[C@H](CC(=O)O)NC(=O)CNC2=O)cc1. The lowest BCUT2D eigenvalue weighted by molar-refractivity contribution is -0.145. The summed E-state index contributed by atoms with van der Waals surface area (Å²) in [6, 6.07) is 13.6. The monoisotopic (exact) mass is 1370 g/mol. The van der Waals surface area contributed by atoms with Crippen LogP contribution >= 0.6 is 0 Å². The highest BCUT2D eigenvalue weighted by molar-refractivity contribution is 6.02. The number of aliphatic carboxylic acids is 1. The molecule has 8 atom stereocenters. The molecule has 530 valence electrons. The minimum atomic E-state index is -1.50. The molecule has 3 aliphatic rings. The van der Waals surface area contributed by atoms with E-state index in [4.69, 9.17) is 5.41 Å². The number of rotatable bonds is 17. The Bertz CT molecular complexity index is 3850. The van der Waals surface area contributed by atoms with E-state index in [1.165, 1.54) is 36.0 Å². The van der Waals surface area contributed by atoms with Gasteiger partial charge in [0.2, 0.25) is 53.2 Å². The number of likely N-dealkylation sites (N-methyl/N-ethyl adjacent to an activating group) is 2. The Morgan fingerprint density at radius 2 is 1.00 bits per heavy atom. The Balaban J connectivity index is 0.000000279. The first-order valence-corrected chi connectivity index (χ1v) is 33.0. The molecule has 0 aliphatic carbocycles. The molecule has 29 nitrogen and oxygen atoms in total. The largest absolute Gasteiger partial charge is 0.513 e. The second kappa shape index (κ2) is 35.1. The molecule has 8 rings (SSSR count). The van der Waals surface area contributed by atoms with Gasteiger partial charge in [0.1, 0.15) is 24.2 Å². The third kappa shape index (κ3) is 20.7. The van der Waals surface area contributed by atoms with E-state index >= 15 is 0 Å². The van der Waals surface area contributed by atoms with Crippen molar-refractivity contribution >= 4 is 104 Å². The number of piperidine rings is 1. The fraction of sp³-hybridized carbons (Fsp3) is 0.457. The van der Waals surface area contributed by atoms with Crippen LogP contribution in [-0.4, -0.2) is 202 Å². The van der Waals surface area contributed by atoms with Crippen molar-refractivity contribution in [2.75, 3.05) is 53.4 Å². The molecule has 3 saturated heterocycles. The number of benzene rings is 3. The summed E-state index contributed by atoms with van der Waals surface area (Å²) < 4.78 is 0. The number of Topliss-reactive ketones (excluding diaryl/α,β-unsaturated/α-hetero) is 2. The van der Waals surface area contributed by atoms with E-state index in [-0.39, 0.29) is 55.4 Å². The van der Waals surface area contributed by atoms with E-state index in [1.807, 2.05) is 48.5 Å². The second-order valence-electron chi connectivity index (χ2n) is 26.0. The van der Waals surface area contributed by atoms with E-state index in [0.717, 1.165) is 32.9 Å². The molecule has 0 saturated carbocycles. The molecule has 3 fully saturated rings. The first kappa shape index (κ1) is 75.8. The van der Waals surface area contributed by atoms with E-state index in [2.05, 4.69) is 64.4 Å². The van der Waals surface area contributed by atoms with Crippen LogP contribution < -0.4 is 47.9 Å². The highest BCUT2D eigenvalue weighted by Crippen LogP contribution is 2.28. The summed E-state index contributed by atoms with van der Waals surface area (Å²) in [6.45, 7) is 11.6. The first-order valence-electron chi connectivity index (χ1n) is 33.0. The number of carbonyl (C=O) groups excluding carboxylic acids is 12. The molecule has 0 radical (unpaired) electrons. The zero-order valence-corrected chi connectivity index (χ0v) is 56.6. The second-order valence-corrected chi connectivity index (χ2v) is 26.0. The normalized spacial score (nSPS) is 22.4. The maximum absolute atomic E-state index is 14.3. The Kier molecular flexibility index (Phi) is 26.9. The number of nitrogens with one attached hydrogen (secondary N) is 12. The van der Waals surface area contributed by atoms with Crippen LogP contribution in [-0.2, 0) is 70.4 Å². The molecule has 29 heteroatoms. The highest BCUT2D eigenvalue weighted by Gasteiger charge is 2.41. The van der Waals surface area contributed by atoms with Crippen LogP contribution in [0, 0.1) is 35.0 Å². The van der Waals surface area contributed by atoms with Crippen LogP contribution in [0.1, 0.15) is 100 Å². The van der Waals surface area contributed by atoms with Gasteiger partial charge in [0.25, 0.3) is 5.91 Å². The smallest absolute Gasteiger partial charge is 0.305 e. The average molecular weight is 1370 g/mol. The predicted molar refractivity (Wildman–Crippen MR) is 365 cm³/mol. The minimum Gasteiger partial charge on any atom is -0.513 e. The summed E-state index contributed by atoms with van der Waals surface area (Å²) in [6.07, 6.45) is 3.20. The number of carboxylic acid groups (broad SMARTS) is 1. The number of aromatic nitrogens is 2. The summed E-state index contributed by atoms with van der Waals surface area (Å²) >= 11 is 0. The number of fused-ring (bicyclic) bond motifs is 2. The number of aliphatic hydroxyl groups is 1. The molecule has 0 bridgehead atoms. The van der Waals surface area contributed by atoms with Crippen molar-refractivity contribution in [3.05, 3.63) is 120 Å². The number of hydrogen-bond acceptors (Lipinski definition) is 16. The van der Waals surface area contributed by atoms with Crippen molar-refractivity contribution in [3.8, 4) is 0 Å². The van der Waals surface area contributed by atoms with Gasteiger partial charge in [-0.15, -0.1) is 0 Å². The number of H-pyrrole nitrogens is 2. The lowest BCUT2D eigenvalue weighted by Gasteiger charge is -2.34. The molecular weight excluding hydrogens is 1280 g/mol. The van der Waals surface area contributed by atoms with Gasteiger partial charge in [0.15, 0.2) is 11.6 Å². The Morgan fingerprint density at radius 3 is 1.42 bits per heavy atom. The van der Waals surface area contributed by atoms with Gasteiger partial charge in [-0.3, -0.25) is 62.3 Å². The van der Waals surface area contributed by atoms with Crippen LogP contribution in [0.2, 0.25) is 0 Å². The van der Waals surface area contributed by atoms with Crippen LogP contribution in [0.5, 0.6) is 0 Å². The summed E-state index contributed by atoms with van der Waals surface area (Å²) in [5, 5.41) is 52.6. The standard InChI is InChI=1S/C36H43N7O8.C34H47N7O7/c1-19(2)32-35(50)42-28(17-39-33(48)22-11-9-21(10-12-22)20(3)37)34(49)40-18-30(45)41-27(15-31(46)47)29(44)14-23(36(51)43(32)4)13-24-16-38-26-8-6-5-7-25(24)26;1-19(2)30-33(47)40-27(17-37-31(45)21-9-11-35-12-10-21)32(46)38-18-29(44)39-26(13-20(3)42)28(43)15-22(34(48)41(30)4)14-23-16-36-25-8-6-5-7-24(23)25/h5-12,16,19,23,27-28,32,37-38H,13-15,17-18H2,1-4H3,(H,39,48)(H,40,49)(H,41,45)(H,42,50)(H,46,47);5-8,16,19,21-22,26-27,30,35-36,42H,3,9-15,17-18H2,1-2,4H3,(H,37,45)(H,38,46)(H,39,44)(H,40,47)/t23-,27-,28-,32-;22-,26-,27-,30-/m00/s1. The predicted octanol–water partition coefficient (Wildman–Crippen LogP) is 1.61. The maximum Gasteiger partial charge on any atom is 0.305 e. The molecule has 10 amide bonds. The average Bonchev–Trinajstić information content (AvgIpc) is 1.83. The number of carboxylic acids is 1. The van der Waals surface area contributed by atoms with Gasteiger partial charge in [-0.25, -0.2) is 0 Å². The summed E-state index contributed by atoms with van der Waals surface area (Å²) in [7, 11) is 2.91. The van der Waals surface area contributed by atoms with Gasteiger partial charge in [-0.1, -0.05) is 82.8 Å². The molecular formula is C70H90N14O15. The molecule has 5 heterocycles. The summed E-state index contributed by atoms with van der Waals surface area (Å²) in [5.41, 5.74) is 4.35. The van der Waals surface area contributed by atoms with Crippen molar-refractivity contribution in [1.82, 2.24) is 67.6 Å². The van der Waals surface area contributed by atoms with Crippen molar-refractivity contribution in [2.45, 2.75) is 122 Å². The van der Waals surface area contributed by atoms with Gasteiger partial charge < -0.3 is 83.2 Å². The van der Waals surface area contributed by atoms with Crippen LogP contribution in [0.3, 0.4) is 0 Å². The molecule has 5 aromatic rings. The Labute approximate surface area is 572 Å². The molecule has 3 aromatic carbocycles. The molecule has 0 spiro atoms. The fourth-order valence-corrected chi connectivity index (χ4v) is 12.6. The number of carbonyl (C=O) groups is 13. The molecule has 0 unspecified atom stereocenters. The van der Waals surface area contributed by atoms with Gasteiger partial charge >= 0.3 is 5.97 Å². The van der Waals surface area contributed by atoms with E-state index in [1.54, 1.807) is 59.1 Å². The van der Waals surface area contributed by atoms with Crippen LogP contribution in [0.4, 0.5) is 0 Å². The fourth-order valence-electron chi connectivity index (χ4n) is 12.6. The topological polar surface area (TPSA) is 433 Å². The number of ketones is 2. The zero-order valence-electron chi connectivity index (χ0n) is 56.6. The quantitative estimate of drug-likeness (QED) is 0.0464. The molecule has 14 N–H and O–H groups in total. The van der Waals surface area contributed by atoms with Gasteiger partial charge in [0.05, 0.1) is 37.4 Å². The Hall–Kier alpha value is -10.6. The van der Waals surface area contributed by atoms with Crippen molar-refractivity contribution in [1.29, 1.82) is 5.41 Å². The van der Waals surface area contributed by atoms with E-state index in [9.17, 15) is 72.5 Å². The maximum atomic E-state index is 14.3. The van der Waals surface area contributed by atoms with Crippen molar-refractivity contribution in [2.24, 2.45) is 29.6 Å². The number of amides is 10. The van der Waals surface area contributed by atoms with Gasteiger partial charge in [0, 0.05) is 110 Å². The molecule has 3 aliphatic heterocycles. The van der Waals surface area contributed by atoms with E-state index < -0.39 is 163 Å². The Morgan fingerprint density at radius 1 is 0.576 bits per heavy atom. The third-order valence-electron chi connectivity index (χ3n) is 17.8. The third-order valence-corrected chi connectivity index (χ3v) is 17.8. The highest BCUT2D eigenvalue weighted by atomic mass is 16.4. The number of aromatic amines is 2. The van der Waals surface area contributed by atoms with Crippen LogP contribution in [0.25, 0.3) is 21.8 Å². The number of para-hydroxylation sites is 2. The van der Waals surface area contributed by atoms with Gasteiger partial charge in [-0.2, -0.15) is 0 Å². The summed E-state index contributed by atoms with van der Waals surface area (Å²) in [5.74, 6) is -12.4. The molecule has 99 heavy (non-hydrogen) atoms.